The number of hydrogen-bond donors (Lipinski definition) is 1. The van der Waals surface area contributed by atoms with Gasteiger partial charge in [-0.1, -0.05) is 0 Å². The number of nitrogens with zero attached hydrogens (tertiary/aromatic N) is 1. The van der Waals surface area contributed by atoms with E-state index in [0.29, 0.717) is 25.5 Å². The predicted octanol–water partition coefficient (Wildman–Crippen LogP) is 0.568. The number of aryl methyl sites for hydroxylation is 1. The van der Waals surface area contributed by atoms with Gasteiger partial charge in [0.2, 0.25) is 5.76 Å². The highest BCUT2D eigenvalue weighted by molar-refractivity contribution is 5.87. The van der Waals surface area contributed by atoms with Crippen molar-refractivity contribution < 1.29 is 23.8 Å². The summed E-state index contributed by atoms with van der Waals surface area (Å²) in [4.78, 5) is 13.6. The highest BCUT2D eigenvalue weighted by Gasteiger charge is 2.24. The summed E-state index contributed by atoms with van der Waals surface area (Å²) in [5.41, 5.74) is 0.760. The molecule has 106 valence electrons. The Hall–Kier alpha value is -1.37. The number of furan rings is 1. The molecule has 1 aromatic heterocycles. The van der Waals surface area contributed by atoms with Crippen LogP contribution >= 0.6 is 0 Å². The number of methoxy groups -OCH3 is 1. The predicted molar refractivity (Wildman–Crippen MR) is 66.9 cm³/mol. The molecule has 0 bridgehead atoms. The summed E-state index contributed by atoms with van der Waals surface area (Å²) in [7, 11) is 1.33. The maximum absolute atomic E-state index is 11.5. The van der Waals surface area contributed by atoms with Crippen LogP contribution in [0.15, 0.2) is 10.5 Å². The van der Waals surface area contributed by atoms with Crippen LogP contribution in [0, 0.1) is 6.92 Å². The zero-order chi connectivity index (χ0) is 13.8. The largest absolute Gasteiger partial charge is 0.463 e. The Labute approximate surface area is 111 Å². The van der Waals surface area contributed by atoms with Crippen LogP contribution in [0.5, 0.6) is 0 Å². The molecular formula is C13H19NO5. The van der Waals surface area contributed by atoms with Crippen molar-refractivity contribution in [1.82, 2.24) is 4.90 Å². The third-order valence-electron chi connectivity index (χ3n) is 3.26. The first-order chi connectivity index (χ1) is 9.15. The fourth-order valence-electron chi connectivity index (χ4n) is 2.19. The third kappa shape index (κ3) is 3.15. The fraction of sp³-hybridized carbons (Fsp3) is 0.615. The van der Waals surface area contributed by atoms with Crippen LogP contribution < -0.4 is 0 Å². The number of carbonyl (C=O) groups excluding carboxylic acids is 1. The number of esters is 1. The molecule has 0 saturated carbocycles. The Morgan fingerprint density at radius 3 is 3.11 bits per heavy atom. The van der Waals surface area contributed by atoms with Gasteiger partial charge in [0.05, 0.1) is 39.5 Å². The van der Waals surface area contributed by atoms with E-state index in [1.807, 2.05) is 13.0 Å². The zero-order valence-electron chi connectivity index (χ0n) is 11.2. The van der Waals surface area contributed by atoms with Crippen molar-refractivity contribution in [3.8, 4) is 0 Å². The number of ether oxygens (including phenoxy) is 2. The second-order valence-corrected chi connectivity index (χ2v) is 4.60. The van der Waals surface area contributed by atoms with Gasteiger partial charge >= 0.3 is 5.97 Å². The molecule has 2 heterocycles. The Balaban J connectivity index is 2.08. The van der Waals surface area contributed by atoms with Crippen molar-refractivity contribution in [2.75, 3.05) is 33.5 Å². The quantitative estimate of drug-likeness (QED) is 0.806. The number of carbonyl (C=O) groups is 1. The van der Waals surface area contributed by atoms with Crippen molar-refractivity contribution in [1.29, 1.82) is 0 Å². The molecule has 6 heteroatoms. The van der Waals surface area contributed by atoms with E-state index in [-0.39, 0.29) is 18.4 Å². The average molecular weight is 269 g/mol. The van der Waals surface area contributed by atoms with Crippen LogP contribution in [0.25, 0.3) is 0 Å². The summed E-state index contributed by atoms with van der Waals surface area (Å²) in [6.45, 7) is 4.29. The molecule has 1 aromatic rings. The second kappa shape index (κ2) is 6.18. The van der Waals surface area contributed by atoms with Gasteiger partial charge in [-0.3, -0.25) is 4.90 Å². The number of hydrogen-bond acceptors (Lipinski definition) is 6. The lowest BCUT2D eigenvalue weighted by Crippen LogP contribution is -2.46. The molecule has 0 radical (unpaired) electrons. The zero-order valence-corrected chi connectivity index (χ0v) is 11.2. The maximum Gasteiger partial charge on any atom is 0.374 e. The second-order valence-electron chi connectivity index (χ2n) is 4.60. The SMILES string of the molecule is COC(=O)c1oc(CN2CCOCC2CO)cc1C. The van der Waals surface area contributed by atoms with Crippen molar-refractivity contribution in [2.24, 2.45) is 0 Å². The molecule has 6 nitrogen and oxygen atoms in total. The van der Waals surface area contributed by atoms with E-state index in [4.69, 9.17) is 9.15 Å². The minimum atomic E-state index is -0.468. The summed E-state index contributed by atoms with van der Waals surface area (Å²) >= 11 is 0. The van der Waals surface area contributed by atoms with E-state index >= 15 is 0 Å². The van der Waals surface area contributed by atoms with E-state index in [2.05, 4.69) is 9.64 Å². The van der Waals surface area contributed by atoms with Gasteiger partial charge in [0.1, 0.15) is 5.76 Å². The van der Waals surface area contributed by atoms with E-state index in [1.165, 1.54) is 7.11 Å². The highest BCUT2D eigenvalue weighted by Crippen LogP contribution is 2.19. The van der Waals surface area contributed by atoms with Crippen molar-refractivity contribution in [3.05, 3.63) is 23.2 Å². The first-order valence-electron chi connectivity index (χ1n) is 6.26. The van der Waals surface area contributed by atoms with Gasteiger partial charge in [-0.25, -0.2) is 4.79 Å². The number of aliphatic hydroxyl groups is 1. The Morgan fingerprint density at radius 2 is 2.42 bits per heavy atom. The number of aliphatic hydroxyl groups excluding tert-OH is 1. The first-order valence-corrected chi connectivity index (χ1v) is 6.26. The minimum Gasteiger partial charge on any atom is -0.463 e. The lowest BCUT2D eigenvalue weighted by molar-refractivity contribution is -0.0337. The van der Waals surface area contributed by atoms with Crippen molar-refractivity contribution in [2.45, 2.75) is 19.5 Å². The summed E-state index contributed by atoms with van der Waals surface area (Å²) in [6, 6.07) is 1.80. The molecule has 1 saturated heterocycles. The van der Waals surface area contributed by atoms with Gasteiger partial charge < -0.3 is 19.0 Å². The molecule has 1 aliphatic heterocycles. The molecule has 0 amide bonds. The normalized spacial score (nSPS) is 20.5. The van der Waals surface area contributed by atoms with E-state index in [0.717, 1.165) is 12.1 Å². The van der Waals surface area contributed by atoms with Gasteiger partial charge in [0.15, 0.2) is 0 Å². The lowest BCUT2D eigenvalue weighted by Gasteiger charge is -2.33. The molecular weight excluding hydrogens is 250 g/mol. The lowest BCUT2D eigenvalue weighted by atomic mass is 10.2. The summed E-state index contributed by atoms with van der Waals surface area (Å²) in [5, 5.41) is 9.30. The van der Waals surface area contributed by atoms with Gasteiger partial charge in [-0.15, -0.1) is 0 Å². The first kappa shape index (κ1) is 14.0. The third-order valence-corrected chi connectivity index (χ3v) is 3.26. The van der Waals surface area contributed by atoms with Gasteiger partial charge in [0, 0.05) is 12.1 Å². The number of rotatable bonds is 4. The van der Waals surface area contributed by atoms with Crippen LogP contribution in [0.2, 0.25) is 0 Å². The average Bonchev–Trinajstić information content (AvgIpc) is 2.79. The minimum absolute atomic E-state index is 0.0271. The van der Waals surface area contributed by atoms with Crippen LogP contribution in [0.3, 0.4) is 0 Å². The summed E-state index contributed by atoms with van der Waals surface area (Å²) in [6.07, 6.45) is 0. The molecule has 0 spiro atoms. The topological polar surface area (TPSA) is 72.1 Å². The van der Waals surface area contributed by atoms with Crippen LogP contribution in [0.4, 0.5) is 0 Å². The Bertz CT molecular complexity index is 442. The molecule has 2 rings (SSSR count). The van der Waals surface area contributed by atoms with Crippen molar-refractivity contribution >= 4 is 5.97 Å². The van der Waals surface area contributed by atoms with Gasteiger partial charge in [0.25, 0.3) is 0 Å². The summed E-state index contributed by atoms with van der Waals surface area (Å²) in [5.74, 6) is 0.467. The van der Waals surface area contributed by atoms with Crippen molar-refractivity contribution in [3.63, 3.8) is 0 Å². The fourth-order valence-corrected chi connectivity index (χ4v) is 2.19. The molecule has 0 aromatic carbocycles. The van der Waals surface area contributed by atoms with E-state index in [1.54, 1.807) is 0 Å². The van der Waals surface area contributed by atoms with Gasteiger partial charge in [-0.2, -0.15) is 0 Å². The molecule has 1 unspecified atom stereocenters. The molecule has 19 heavy (non-hydrogen) atoms. The molecule has 1 fully saturated rings. The smallest absolute Gasteiger partial charge is 0.374 e. The Morgan fingerprint density at radius 1 is 1.63 bits per heavy atom. The molecule has 1 atom stereocenters. The monoisotopic (exact) mass is 269 g/mol. The van der Waals surface area contributed by atoms with E-state index < -0.39 is 5.97 Å². The van der Waals surface area contributed by atoms with Crippen LogP contribution in [-0.2, 0) is 16.0 Å². The van der Waals surface area contributed by atoms with Crippen LogP contribution in [0.1, 0.15) is 21.9 Å². The summed E-state index contributed by atoms with van der Waals surface area (Å²) < 4.78 is 15.5. The molecule has 1 aliphatic rings. The standard InChI is InChI=1S/C13H19NO5/c1-9-5-11(19-12(9)13(16)17-2)6-14-3-4-18-8-10(14)7-15/h5,10,15H,3-4,6-8H2,1-2H3. The number of morpholine rings is 1. The Kier molecular flexibility index (Phi) is 4.57. The van der Waals surface area contributed by atoms with Gasteiger partial charge in [-0.05, 0) is 13.0 Å². The van der Waals surface area contributed by atoms with E-state index in [9.17, 15) is 9.90 Å². The molecule has 0 aliphatic carbocycles. The van der Waals surface area contributed by atoms with Crippen LogP contribution in [-0.4, -0.2) is 55.5 Å². The maximum atomic E-state index is 11.5. The highest BCUT2D eigenvalue weighted by atomic mass is 16.5. The molecule has 1 N–H and O–H groups in total.